The van der Waals surface area contributed by atoms with Gasteiger partial charge in [0.15, 0.2) is 5.66 Å². The molecule has 1 rings (SSSR count). The highest BCUT2D eigenvalue weighted by Gasteiger charge is 2.50. The summed E-state index contributed by atoms with van der Waals surface area (Å²) in [5, 5.41) is 2.90. The third kappa shape index (κ3) is 16.0. The van der Waals surface area contributed by atoms with Crippen molar-refractivity contribution in [1.82, 2.24) is 15.1 Å². The topological polar surface area (TPSA) is 131 Å². The summed E-state index contributed by atoms with van der Waals surface area (Å²) < 4.78 is 11.0. The summed E-state index contributed by atoms with van der Waals surface area (Å²) in [5.41, 5.74) is 2.79. The fourth-order valence-corrected chi connectivity index (χ4v) is 5.78. The van der Waals surface area contributed by atoms with Crippen LogP contribution in [-0.4, -0.2) is 69.8 Å². The number of amides is 4. The van der Waals surface area contributed by atoms with Crippen LogP contribution in [0, 0.1) is 0 Å². The van der Waals surface area contributed by atoms with Crippen molar-refractivity contribution in [3.63, 3.8) is 0 Å². The minimum atomic E-state index is -2.04. The Hall–Kier alpha value is -2.36. The Balaban J connectivity index is 2.86. The summed E-state index contributed by atoms with van der Waals surface area (Å²) in [6, 6.07) is -0.176. The predicted octanol–water partition coefficient (Wildman–Crippen LogP) is 8.20. The number of carbonyl (C=O) groups is 4. The maximum absolute atomic E-state index is 13.9. The molecule has 1 fully saturated rings. The lowest BCUT2D eigenvalue weighted by Gasteiger charge is -2.40. The molecule has 3 N–H and O–H groups in total. The van der Waals surface area contributed by atoms with Crippen LogP contribution in [-0.2, 0) is 19.1 Å². The Morgan fingerprint density at radius 2 is 1.22 bits per heavy atom. The fourth-order valence-electron chi connectivity index (χ4n) is 5.78. The van der Waals surface area contributed by atoms with Crippen LogP contribution in [0.3, 0.4) is 0 Å². The normalized spacial score (nSPS) is 16.8. The minimum absolute atomic E-state index is 0.0278. The second-order valence-electron chi connectivity index (χ2n) is 15.1. The van der Waals surface area contributed by atoms with Gasteiger partial charge < -0.3 is 25.4 Å². The largest absolute Gasteiger partial charge is 0.443 e. The molecule has 1 aliphatic heterocycles. The Morgan fingerprint density at radius 1 is 0.739 bits per heavy atom. The highest BCUT2D eigenvalue weighted by Crippen LogP contribution is 2.25. The summed E-state index contributed by atoms with van der Waals surface area (Å²) in [5.74, 6) is -0.565. The summed E-state index contributed by atoms with van der Waals surface area (Å²) in [6.07, 6.45) is 15.8. The molecule has 0 aromatic carbocycles. The fraction of sp³-hybridized carbons (Fsp3) is 0.889. The summed E-state index contributed by atoms with van der Waals surface area (Å²) in [6.45, 7) is 15.1. The zero-order chi connectivity index (χ0) is 34.8. The average Bonchev–Trinajstić information content (AvgIpc) is 2.95. The van der Waals surface area contributed by atoms with Crippen LogP contribution in [0.2, 0.25) is 0 Å². The lowest BCUT2D eigenvalue weighted by molar-refractivity contribution is -0.137. The first kappa shape index (κ1) is 41.7. The number of nitrogens with zero attached hydrogens (tertiary/aromatic N) is 2. The van der Waals surface area contributed by atoms with E-state index >= 15 is 0 Å². The number of nitrogens with one attached hydrogen (secondary N) is 1. The number of imide groups is 1. The standard InChI is InChI=1S/C36H68N4O6/c1-9-11-13-14-15-16-17-18-19-20-21-25-30(41)39-27-23-22-24-29(39)28-38-31(42)36(37,26-12-10-2)40(32(43)45-34(3,4)5)33(44)46-35(6,7)8/h29H,9-28,37H2,1-8H3,(H,38,42). The quantitative estimate of drug-likeness (QED) is 0.106. The molecule has 0 aromatic rings. The van der Waals surface area contributed by atoms with E-state index in [0.29, 0.717) is 30.7 Å². The van der Waals surface area contributed by atoms with E-state index in [1.165, 1.54) is 51.4 Å². The predicted molar refractivity (Wildman–Crippen MR) is 184 cm³/mol. The zero-order valence-electron chi connectivity index (χ0n) is 30.6. The van der Waals surface area contributed by atoms with Crippen molar-refractivity contribution in [2.75, 3.05) is 13.1 Å². The van der Waals surface area contributed by atoms with Gasteiger partial charge in [0.05, 0.1) is 0 Å². The Morgan fingerprint density at radius 3 is 1.70 bits per heavy atom. The molecule has 0 saturated carbocycles. The number of nitrogens with two attached hydrogens (primary N) is 1. The lowest BCUT2D eigenvalue weighted by atomic mass is 9.98. The molecule has 0 spiro atoms. The molecule has 10 heteroatoms. The van der Waals surface area contributed by atoms with Crippen molar-refractivity contribution >= 4 is 24.0 Å². The first-order valence-electron chi connectivity index (χ1n) is 18.2. The molecule has 0 aliphatic carbocycles. The average molecular weight is 653 g/mol. The molecule has 0 aromatic heterocycles. The maximum Gasteiger partial charge on any atom is 0.421 e. The second kappa shape index (κ2) is 20.8. The van der Waals surface area contributed by atoms with Gasteiger partial charge in [-0.25, -0.2) is 9.59 Å². The number of likely N-dealkylation sites (tertiary alicyclic amines) is 1. The third-order valence-electron chi connectivity index (χ3n) is 8.30. The van der Waals surface area contributed by atoms with Gasteiger partial charge in [0, 0.05) is 25.6 Å². The molecule has 2 unspecified atom stereocenters. The van der Waals surface area contributed by atoms with Crippen molar-refractivity contribution in [2.24, 2.45) is 5.73 Å². The number of piperidine rings is 1. The van der Waals surface area contributed by atoms with E-state index in [1.807, 2.05) is 11.8 Å². The number of hydrogen-bond donors (Lipinski definition) is 2. The van der Waals surface area contributed by atoms with E-state index in [-0.39, 0.29) is 24.9 Å². The maximum atomic E-state index is 13.9. The van der Waals surface area contributed by atoms with Crippen LogP contribution in [0.1, 0.15) is 171 Å². The number of rotatable bonds is 19. The van der Waals surface area contributed by atoms with Crippen LogP contribution < -0.4 is 11.1 Å². The molecule has 0 radical (unpaired) electrons. The van der Waals surface area contributed by atoms with E-state index < -0.39 is 35.0 Å². The third-order valence-corrected chi connectivity index (χ3v) is 8.30. The number of ether oxygens (including phenoxy) is 2. The van der Waals surface area contributed by atoms with E-state index in [2.05, 4.69) is 12.2 Å². The molecule has 46 heavy (non-hydrogen) atoms. The van der Waals surface area contributed by atoms with Crippen LogP contribution in [0.4, 0.5) is 9.59 Å². The van der Waals surface area contributed by atoms with Crippen molar-refractivity contribution < 1.29 is 28.7 Å². The van der Waals surface area contributed by atoms with E-state index in [0.717, 1.165) is 38.5 Å². The first-order chi connectivity index (χ1) is 21.6. The molecule has 1 aliphatic rings. The zero-order valence-corrected chi connectivity index (χ0v) is 30.6. The van der Waals surface area contributed by atoms with Gasteiger partial charge in [0.1, 0.15) is 11.2 Å². The first-order valence-corrected chi connectivity index (χ1v) is 18.2. The Labute approximate surface area is 280 Å². The number of hydrogen-bond acceptors (Lipinski definition) is 7. The van der Waals surface area contributed by atoms with E-state index in [1.54, 1.807) is 41.5 Å². The molecule has 10 nitrogen and oxygen atoms in total. The van der Waals surface area contributed by atoms with Gasteiger partial charge >= 0.3 is 12.2 Å². The van der Waals surface area contributed by atoms with Gasteiger partial charge in [-0.1, -0.05) is 84.5 Å². The lowest BCUT2D eigenvalue weighted by Crippen LogP contribution is -2.69. The molecule has 0 bridgehead atoms. The van der Waals surface area contributed by atoms with Gasteiger partial charge in [0.25, 0.3) is 5.91 Å². The van der Waals surface area contributed by atoms with Crippen molar-refractivity contribution in [1.29, 1.82) is 0 Å². The van der Waals surface area contributed by atoms with Crippen LogP contribution in [0.15, 0.2) is 0 Å². The van der Waals surface area contributed by atoms with E-state index in [9.17, 15) is 19.2 Å². The van der Waals surface area contributed by atoms with Gasteiger partial charge in [-0.05, 0) is 80.1 Å². The molecule has 4 amide bonds. The highest BCUT2D eigenvalue weighted by molar-refractivity contribution is 5.98. The van der Waals surface area contributed by atoms with Crippen LogP contribution >= 0.6 is 0 Å². The molecule has 268 valence electrons. The van der Waals surface area contributed by atoms with Crippen molar-refractivity contribution in [3.05, 3.63) is 0 Å². The second-order valence-corrected chi connectivity index (χ2v) is 15.1. The van der Waals surface area contributed by atoms with Gasteiger partial charge in [-0.2, -0.15) is 4.90 Å². The monoisotopic (exact) mass is 653 g/mol. The molecular formula is C36H68N4O6. The number of unbranched alkanes of at least 4 members (excludes halogenated alkanes) is 11. The van der Waals surface area contributed by atoms with Crippen molar-refractivity contribution in [2.45, 2.75) is 194 Å². The van der Waals surface area contributed by atoms with Crippen LogP contribution in [0.25, 0.3) is 0 Å². The molecule has 2 atom stereocenters. The van der Waals surface area contributed by atoms with E-state index in [4.69, 9.17) is 15.2 Å². The highest BCUT2D eigenvalue weighted by atomic mass is 16.6. The molecular weight excluding hydrogens is 584 g/mol. The minimum Gasteiger partial charge on any atom is -0.443 e. The Bertz CT molecular complexity index is 900. The van der Waals surface area contributed by atoms with Crippen molar-refractivity contribution in [3.8, 4) is 0 Å². The SMILES string of the molecule is CCCCCCCCCCCCCC(=O)N1CCCCC1CNC(=O)C(N)(CCCC)N(C(=O)OC(C)(C)C)C(=O)OC(C)(C)C. The van der Waals surface area contributed by atoms with Gasteiger partial charge in [-0.3, -0.25) is 9.59 Å². The summed E-state index contributed by atoms with van der Waals surface area (Å²) in [4.78, 5) is 56.4. The molecule has 1 heterocycles. The number of carbonyl (C=O) groups excluding carboxylic acids is 4. The molecule has 1 saturated heterocycles. The summed E-state index contributed by atoms with van der Waals surface area (Å²) in [7, 11) is 0. The Kier molecular flexibility index (Phi) is 18.8. The van der Waals surface area contributed by atoms with Gasteiger partial charge in [0.2, 0.25) is 5.91 Å². The van der Waals surface area contributed by atoms with Gasteiger partial charge in [-0.15, -0.1) is 0 Å². The van der Waals surface area contributed by atoms with Crippen LogP contribution in [0.5, 0.6) is 0 Å². The smallest absolute Gasteiger partial charge is 0.421 e. The summed E-state index contributed by atoms with van der Waals surface area (Å²) >= 11 is 0.